The Morgan fingerprint density at radius 1 is 1.20 bits per heavy atom. The van der Waals surface area contributed by atoms with Crippen LogP contribution in [0.1, 0.15) is 42.3 Å². The number of carbonyl (C=O) groups is 1. The molecule has 0 unspecified atom stereocenters. The van der Waals surface area contributed by atoms with Gasteiger partial charge in [-0.3, -0.25) is 4.79 Å². The predicted molar refractivity (Wildman–Crippen MR) is 95.7 cm³/mol. The van der Waals surface area contributed by atoms with Gasteiger partial charge in [0.2, 0.25) is 5.91 Å². The van der Waals surface area contributed by atoms with Crippen LogP contribution in [0.25, 0.3) is 5.69 Å². The molecule has 1 amide bonds. The Labute approximate surface area is 148 Å². The summed E-state index contributed by atoms with van der Waals surface area (Å²) >= 11 is 0. The summed E-state index contributed by atoms with van der Waals surface area (Å²) in [5.74, 6) is 0.510. The Balaban J connectivity index is 1.69. The van der Waals surface area contributed by atoms with Gasteiger partial charge in [0, 0.05) is 23.7 Å². The molecule has 1 saturated heterocycles. The molecule has 0 N–H and O–H groups in total. The van der Waals surface area contributed by atoms with Gasteiger partial charge < -0.3 is 9.64 Å². The number of benzene rings is 1. The van der Waals surface area contributed by atoms with E-state index in [1.165, 1.54) is 6.42 Å². The van der Waals surface area contributed by atoms with Crippen LogP contribution >= 0.6 is 0 Å². The average Bonchev–Trinajstić information content (AvgIpc) is 2.88. The van der Waals surface area contributed by atoms with E-state index < -0.39 is 0 Å². The van der Waals surface area contributed by atoms with E-state index >= 15 is 0 Å². The monoisotopic (exact) mass is 339 g/mol. The highest BCUT2D eigenvalue weighted by molar-refractivity contribution is 5.80. The van der Waals surface area contributed by atoms with Crippen molar-refractivity contribution in [2.75, 3.05) is 19.8 Å². The van der Waals surface area contributed by atoms with Gasteiger partial charge in [-0.25, -0.2) is 4.68 Å². The number of aryl methyl sites for hydroxylation is 1. The van der Waals surface area contributed by atoms with Crippen molar-refractivity contribution >= 4 is 5.91 Å². The van der Waals surface area contributed by atoms with E-state index in [1.807, 2.05) is 34.7 Å². The second-order valence-corrected chi connectivity index (χ2v) is 7.08. The van der Waals surface area contributed by atoms with Gasteiger partial charge in [-0.2, -0.15) is 5.10 Å². The zero-order chi connectivity index (χ0) is 17.4. The van der Waals surface area contributed by atoms with E-state index in [9.17, 15) is 4.79 Å². The molecule has 2 heterocycles. The number of para-hydroxylation sites is 1. The van der Waals surface area contributed by atoms with Crippen molar-refractivity contribution in [3.8, 4) is 5.69 Å². The molecule has 1 saturated carbocycles. The average molecular weight is 339 g/mol. The normalized spacial score (nSPS) is 21.2. The molecule has 4 rings (SSSR count). The molecule has 1 aromatic carbocycles. The molecule has 2 aromatic rings. The Hall–Kier alpha value is -2.14. The first-order valence-corrected chi connectivity index (χ1v) is 9.16. The zero-order valence-electron chi connectivity index (χ0n) is 14.9. The molecule has 2 aliphatic rings. The van der Waals surface area contributed by atoms with Crippen LogP contribution in [-0.2, 0) is 9.53 Å². The van der Waals surface area contributed by atoms with Crippen molar-refractivity contribution in [3.63, 3.8) is 0 Å². The second kappa shape index (κ2) is 6.64. The summed E-state index contributed by atoms with van der Waals surface area (Å²) in [4.78, 5) is 14.9. The summed E-state index contributed by atoms with van der Waals surface area (Å²) in [7, 11) is 0. The first kappa shape index (κ1) is 16.3. The Morgan fingerprint density at radius 2 is 1.96 bits per heavy atom. The molecule has 5 nitrogen and oxygen atoms in total. The van der Waals surface area contributed by atoms with E-state index in [0.29, 0.717) is 25.7 Å². The van der Waals surface area contributed by atoms with Gasteiger partial charge in [-0.05, 0) is 38.8 Å². The first-order chi connectivity index (χ1) is 12.2. The minimum absolute atomic E-state index is 0.0284. The van der Waals surface area contributed by atoms with Crippen molar-refractivity contribution in [1.29, 1.82) is 0 Å². The summed E-state index contributed by atoms with van der Waals surface area (Å²) in [6, 6.07) is 10.1. The Kier molecular flexibility index (Phi) is 4.34. The number of carbonyl (C=O) groups excluding carboxylic acids is 1. The number of nitrogens with zero attached hydrogens (tertiary/aromatic N) is 3. The van der Waals surface area contributed by atoms with Crippen molar-refractivity contribution in [1.82, 2.24) is 14.7 Å². The molecular formula is C20H25N3O2. The van der Waals surface area contributed by atoms with Crippen LogP contribution in [0.3, 0.4) is 0 Å². The Bertz CT molecular complexity index is 765. The van der Waals surface area contributed by atoms with E-state index in [4.69, 9.17) is 9.84 Å². The topological polar surface area (TPSA) is 47.4 Å². The SMILES string of the molecule is Cc1nn(-c2ccccc2)c(C)c1[C@@H]1COCCN1C(=O)C1CCC1. The minimum Gasteiger partial charge on any atom is -0.377 e. The van der Waals surface area contributed by atoms with Crippen LogP contribution in [0.4, 0.5) is 0 Å². The highest BCUT2D eigenvalue weighted by atomic mass is 16.5. The van der Waals surface area contributed by atoms with Crippen LogP contribution in [0.2, 0.25) is 0 Å². The minimum atomic E-state index is -0.0284. The maximum absolute atomic E-state index is 12.9. The molecule has 2 fully saturated rings. The summed E-state index contributed by atoms with van der Waals surface area (Å²) in [6.45, 7) is 5.97. The molecule has 1 aliphatic carbocycles. The van der Waals surface area contributed by atoms with Crippen molar-refractivity contribution in [2.45, 2.75) is 39.2 Å². The van der Waals surface area contributed by atoms with Crippen molar-refractivity contribution in [3.05, 3.63) is 47.3 Å². The third-order valence-electron chi connectivity index (χ3n) is 5.55. The van der Waals surface area contributed by atoms with Crippen molar-refractivity contribution in [2.24, 2.45) is 5.92 Å². The third-order valence-corrected chi connectivity index (χ3v) is 5.55. The van der Waals surface area contributed by atoms with Crippen LogP contribution in [0, 0.1) is 19.8 Å². The molecule has 1 aliphatic heterocycles. The molecule has 1 aromatic heterocycles. The highest BCUT2D eigenvalue weighted by Crippen LogP contribution is 2.35. The summed E-state index contributed by atoms with van der Waals surface area (Å²) in [6.07, 6.45) is 3.24. The van der Waals surface area contributed by atoms with Crippen LogP contribution in [0.5, 0.6) is 0 Å². The van der Waals surface area contributed by atoms with Gasteiger partial charge in [0.05, 0.1) is 30.6 Å². The van der Waals surface area contributed by atoms with E-state index in [-0.39, 0.29) is 12.0 Å². The van der Waals surface area contributed by atoms with Crippen molar-refractivity contribution < 1.29 is 9.53 Å². The molecule has 25 heavy (non-hydrogen) atoms. The van der Waals surface area contributed by atoms with Gasteiger partial charge in [-0.15, -0.1) is 0 Å². The number of ether oxygens (including phenoxy) is 1. The standard InChI is InChI=1S/C20H25N3O2/c1-14-19(15(2)23(21-14)17-9-4-3-5-10-17)18-13-25-12-11-22(18)20(24)16-7-6-8-16/h3-5,9-10,16,18H,6-8,11-13H2,1-2H3/t18-/m0/s1. The predicted octanol–water partition coefficient (Wildman–Crippen LogP) is 3.19. The summed E-state index contributed by atoms with van der Waals surface area (Å²) in [5.41, 5.74) is 4.24. The zero-order valence-corrected chi connectivity index (χ0v) is 14.9. The van der Waals surface area contributed by atoms with E-state index in [0.717, 1.165) is 35.5 Å². The quantitative estimate of drug-likeness (QED) is 0.863. The largest absolute Gasteiger partial charge is 0.377 e. The smallest absolute Gasteiger partial charge is 0.226 e. The number of morpholine rings is 1. The molecule has 0 bridgehead atoms. The summed E-state index contributed by atoms with van der Waals surface area (Å²) < 4.78 is 7.72. The maximum atomic E-state index is 12.9. The lowest BCUT2D eigenvalue weighted by Crippen LogP contribution is -2.47. The fourth-order valence-electron chi connectivity index (χ4n) is 3.95. The molecule has 0 spiro atoms. The van der Waals surface area contributed by atoms with Gasteiger partial charge in [0.15, 0.2) is 0 Å². The fraction of sp³-hybridized carbons (Fsp3) is 0.500. The summed E-state index contributed by atoms with van der Waals surface area (Å²) in [5, 5.41) is 4.75. The third kappa shape index (κ3) is 2.86. The van der Waals surface area contributed by atoms with Gasteiger partial charge in [0.1, 0.15) is 0 Å². The molecule has 0 radical (unpaired) electrons. The first-order valence-electron chi connectivity index (χ1n) is 9.16. The van der Waals surface area contributed by atoms with Gasteiger partial charge in [0.25, 0.3) is 0 Å². The number of aromatic nitrogens is 2. The molecule has 1 atom stereocenters. The second-order valence-electron chi connectivity index (χ2n) is 7.08. The van der Waals surface area contributed by atoms with Crippen LogP contribution < -0.4 is 0 Å². The lowest BCUT2D eigenvalue weighted by molar-refractivity contribution is -0.147. The van der Waals surface area contributed by atoms with Gasteiger partial charge in [-0.1, -0.05) is 24.6 Å². The van der Waals surface area contributed by atoms with Crippen LogP contribution in [0.15, 0.2) is 30.3 Å². The number of rotatable bonds is 3. The number of hydrogen-bond acceptors (Lipinski definition) is 3. The van der Waals surface area contributed by atoms with Gasteiger partial charge >= 0.3 is 0 Å². The van der Waals surface area contributed by atoms with E-state index in [2.05, 4.69) is 19.1 Å². The van der Waals surface area contributed by atoms with E-state index in [1.54, 1.807) is 0 Å². The molecule has 5 heteroatoms. The fourth-order valence-corrected chi connectivity index (χ4v) is 3.95. The molecule has 132 valence electrons. The number of hydrogen-bond donors (Lipinski definition) is 0. The van der Waals surface area contributed by atoms with Crippen LogP contribution in [-0.4, -0.2) is 40.3 Å². The molecular weight excluding hydrogens is 314 g/mol. The highest BCUT2D eigenvalue weighted by Gasteiger charge is 2.37. The Morgan fingerprint density at radius 3 is 2.64 bits per heavy atom. The lowest BCUT2D eigenvalue weighted by Gasteiger charge is -2.40. The number of amides is 1. The maximum Gasteiger partial charge on any atom is 0.226 e. The lowest BCUT2D eigenvalue weighted by atomic mass is 9.83.